The van der Waals surface area contributed by atoms with Gasteiger partial charge in [0.05, 0.1) is 13.2 Å². The average molecular weight is 865 g/mol. The first-order valence-corrected chi connectivity index (χ1v) is 26.4. The highest BCUT2D eigenvalue weighted by atomic mass is 16.5. The molecule has 0 heterocycles. The lowest BCUT2D eigenvalue weighted by molar-refractivity contribution is -0.150. The third kappa shape index (κ3) is 44.3. The quantitative estimate of drug-likeness (QED) is 0.0352. The summed E-state index contributed by atoms with van der Waals surface area (Å²) in [6, 6.07) is -1.38. The second-order valence-corrected chi connectivity index (χ2v) is 18.3. The minimum Gasteiger partial charge on any atom is -0.480 e. The average Bonchev–Trinajstić information content (AvgIpc) is 3.25. The van der Waals surface area contributed by atoms with Crippen LogP contribution in [-0.4, -0.2) is 59.3 Å². The standard InChI is InChI=1S/C52H100N2O7/c1-3-5-7-9-11-13-15-16-17-18-19-20-21-22-23-24-25-27-29-31-36-40-44-51(58)61-47(41-37-33-30-28-26-14-12-10-8-6-4-2)42-38-34-32-35-39-43-49(56)53-45-50(57)54-48(46-55)52(59)60/h47-48,55H,3-46H2,1-2H3,(H,53,56)(H,54,57)(H,59,60). The lowest BCUT2D eigenvalue weighted by atomic mass is 10.0. The molecule has 0 aliphatic heterocycles. The van der Waals surface area contributed by atoms with Gasteiger partial charge in [-0.05, 0) is 38.5 Å². The highest BCUT2D eigenvalue weighted by Gasteiger charge is 2.19. The zero-order valence-electron chi connectivity index (χ0n) is 40.2. The summed E-state index contributed by atoms with van der Waals surface area (Å²) in [5.74, 6) is -2.26. The minimum atomic E-state index is -1.38. The number of hydrogen-bond acceptors (Lipinski definition) is 6. The maximum absolute atomic E-state index is 12.9. The number of carbonyl (C=O) groups is 4. The molecule has 0 saturated carbocycles. The summed E-state index contributed by atoms with van der Waals surface area (Å²) in [5.41, 5.74) is 0. The van der Waals surface area contributed by atoms with Crippen molar-refractivity contribution < 1.29 is 34.1 Å². The SMILES string of the molecule is CCCCCCCCCCCCCCCCCCCCCCCCC(=O)OC(CCCCCCCCCCCCC)CCCCCCCC(=O)NCC(=O)NC(CO)C(=O)O. The van der Waals surface area contributed by atoms with Crippen LogP contribution in [0.15, 0.2) is 0 Å². The van der Waals surface area contributed by atoms with Gasteiger partial charge >= 0.3 is 11.9 Å². The topological polar surface area (TPSA) is 142 Å². The van der Waals surface area contributed by atoms with Crippen molar-refractivity contribution in [1.82, 2.24) is 10.6 Å². The molecule has 0 bridgehead atoms. The number of amides is 2. The zero-order valence-corrected chi connectivity index (χ0v) is 40.2. The molecular weight excluding hydrogens is 765 g/mol. The van der Waals surface area contributed by atoms with Gasteiger partial charge in [-0.2, -0.15) is 0 Å². The van der Waals surface area contributed by atoms with Crippen LogP contribution in [0.3, 0.4) is 0 Å². The number of carbonyl (C=O) groups excluding carboxylic acids is 3. The first-order valence-electron chi connectivity index (χ1n) is 26.4. The van der Waals surface area contributed by atoms with E-state index in [2.05, 4.69) is 24.5 Å². The predicted molar refractivity (Wildman–Crippen MR) is 255 cm³/mol. The van der Waals surface area contributed by atoms with E-state index in [4.69, 9.17) is 14.9 Å². The van der Waals surface area contributed by atoms with Gasteiger partial charge in [-0.15, -0.1) is 0 Å². The van der Waals surface area contributed by atoms with Crippen LogP contribution in [0.5, 0.6) is 0 Å². The van der Waals surface area contributed by atoms with Gasteiger partial charge in [0.15, 0.2) is 0 Å². The molecule has 4 N–H and O–H groups in total. The lowest BCUT2D eigenvalue weighted by Crippen LogP contribution is -2.47. The first-order chi connectivity index (χ1) is 29.8. The molecule has 0 radical (unpaired) electrons. The number of aliphatic carboxylic acids is 1. The number of carboxylic acid groups (broad SMARTS) is 1. The summed E-state index contributed by atoms with van der Waals surface area (Å²) >= 11 is 0. The van der Waals surface area contributed by atoms with E-state index < -0.39 is 24.5 Å². The number of aliphatic hydroxyl groups excluding tert-OH is 1. The molecule has 0 aliphatic carbocycles. The van der Waals surface area contributed by atoms with Crippen LogP contribution in [0, 0.1) is 0 Å². The second kappa shape index (κ2) is 47.3. The molecule has 0 aromatic rings. The minimum absolute atomic E-state index is 0.00531. The molecule has 360 valence electrons. The highest BCUT2D eigenvalue weighted by Crippen LogP contribution is 2.20. The number of carboxylic acids is 1. The summed E-state index contributed by atoms with van der Waals surface area (Å²) in [6.07, 6.45) is 51.5. The normalized spacial score (nSPS) is 12.3. The smallest absolute Gasteiger partial charge is 0.328 e. The number of ether oxygens (including phenoxy) is 1. The Morgan fingerprint density at radius 3 is 1.07 bits per heavy atom. The van der Waals surface area contributed by atoms with Gasteiger partial charge in [0.2, 0.25) is 11.8 Å². The molecular formula is C52H100N2O7. The molecule has 0 spiro atoms. The second-order valence-electron chi connectivity index (χ2n) is 18.3. The Bertz CT molecular complexity index is 993. The molecule has 0 saturated heterocycles. The van der Waals surface area contributed by atoms with E-state index in [0.717, 1.165) is 57.8 Å². The molecule has 9 nitrogen and oxygen atoms in total. The molecule has 2 atom stereocenters. The van der Waals surface area contributed by atoms with Crippen molar-refractivity contribution in [3.63, 3.8) is 0 Å². The summed E-state index contributed by atoms with van der Waals surface area (Å²) < 4.78 is 6.07. The maximum Gasteiger partial charge on any atom is 0.328 e. The van der Waals surface area contributed by atoms with Crippen molar-refractivity contribution in [3.05, 3.63) is 0 Å². The molecule has 2 unspecified atom stereocenters. The molecule has 0 fully saturated rings. The Labute approximate surface area is 376 Å². The summed E-state index contributed by atoms with van der Waals surface area (Å²) in [6.45, 7) is 3.53. The van der Waals surface area contributed by atoms with E-state index in [1.54, 1.807) is 0 Å². The summed E-state index contributed by atoms with van der Waals surface area (Å²) in [4.78, 5) is 47.8. The highest BCUT2D eigenvalue weighted by molar-refractivity contribution is 5.87. The van der Waals surface area contributed by atoms with Crippen molar-refractivity contribution in [1.29, 1.82) is 0 Å². The van der Waals surface area contributed by atoms with E-state index in [-0.39, 0.29) is 24.5 Å². The molecule has 61 heavy (non-hydrogen) atoms. The Balaban J connectivity index is 4.12. The number of rotatable bonds is 49. The lowest BCUT2D eigenvalue weighted by Gasteiger charge is -2.18. The number of esters is 1. The Morgan fingerprint density at radius 2 is 0.738 bits per heavy atom. The van der Waals surface area contributed by atoms with Crippen molar-refractivity contribution >= 4 is 23.8 Å². The molecule has 0 aromatic heterocycles. The van der Waals surface area contributed by atoms with E-state index in [0.29, 0.717) is 19.3 Å². The Kier molecular flexibility index (Phi) is 45.6. The predicted octanol–water partition coefficient (Wildman–Crippen LogP) is 14.0. The fraction of sp³-hybridized carbons (Fsp3) is 0.923. The number of aliphatic hydroxyl groups is 1. The largest absolute Gasteiger partial charge is 0.480 e. The Morgan fingerprint density at radius 1 is 0.426 bits per heavy atom. The van der Waals surface area contributed by atoms with Crippen molar-refractivity contribution in [2.24, 2.45) is 0 Å². The van der Waals surface area contributed by atoms with Crippen LogP contribution in [-0.2, 0) is 23.9 Å². The summed E-state index contributed by atoms with van der Waals surface area (Å²) in [7, 11) is 0. The third-order valence-electron chi connectivity index (χ3n) is 12.4. The van der Waals surface area contributed by atoms with Crippen LogP contribution in [0.1, 0.15) is 284 Å². The maximum atomic E-state index is 12.9. The van der Waals surface area contributed by atoms with Gasteiger partial charge in [-0.1, -0.05) is 232 Å². The van der Waals surface area contributed by atoms with Crippen molar-refractivity contribution in [2.45, 2.75) is 296 Å². The van der Waals surface area contributed by atoms with Gasteiger partial charge in [0, 0.05) is 12.8 Å². The first kappa shape index (κ1) is 58.8. The van der Waals surface area contributed by atoms with Crippen LogP contribution in [0.4, 0.5) is 0 Å². The van der Waals surface area contributed by atoms with E-state index in [1.807, 2.05) is 0 Å². The van der Waals surface area contributed by atoms with Crippen LogP contribution in [0.2, 0.25) is 0 Å². The number of nitrogens with one attached hydrogen (secondary N) is 2. The fourth-order valence-electron chi connectivity index (χ4n) is 8.31. The molecule has 0 aromatic carbocycles. The number of hydrogen-bond donors (Lipinski definition) is 4. The molecule has 0 rings (SSSR count). The molecule has 0 aliphatic rings. The van der Waals surface area contributed by atoms with Gasteiger partial charge in [-0.3, -0.25) is 14.4 Å². The van der Waals surface area contributed by atoms with Crippen LogP contribution < -0.4 is 10.6 Å². The van der Waals surface area contributed by atoms with E-state index >= 15 is 0 Å². The van der Waals surface area contributed by atoms with Gasteiger partial charge in [0.1, 0.15) is 12.1 Å². The van der Waals surface area contributed by atoms with E-state index in [9.17, 15) is 19.2 Å². The molecule has 9 heteroatoms. The van der Waals surface area contributed by atoms with E-state index in [1.165, 1.54) is 193 Å². The van der Waals surface area contributed by atoms with Gasteiger partial charge in [0.25, 0.3) is 0 Å². The van der Waals surface area contributed by atoms with Gasteiger partial charge in [-0.25, -0.2) is 4.79 Å². The third-order valence-corrected chi connectivity index (χ3v) is 12.4. The van der Waals surface area contributed by atoms with Crippen molar-refractivity contribution in [2.75, 3.05) is 13.2 Å². The zero-order chi connectivity index (χ0) is 44.7. The van der Waals surface area contributed by atoms with Crippen LogP contribution >= 0.6 is 0 Å². The van der Waals surface area contributed by atoms with Crippen molar-refractivity contribution in [3.8, 4) is 0 Å². The van der Waals surface area contributed by atoms with Crippen LogP contribution in [0.25, 0.3) is 0 Å². The Hall–Kier alpha value is -2.16. The number of unbranched alkanes of at least 4 members (excludes halogenated alkanes) is 35. The fourth-order valence-corrected chi connectivity index (χ4v) is 8.31. The molecule has 2 amide bonds. The van der Waals surface area contributed by atoms with Gasteiger partial charge < -0.3 is 25.6 Å². The summed E-state index contributed by atoms with van der Waals surface area (Å²) in [5, 5.41) is 22.6. The monoisotopic (exact) mass is 865 g/mol.